The van der Waals surface area contributed by atoms with Gasteiger partial charge in [-0.05, 0) is 51.3 Å². The monoisotopic (exact) mass is 279 g/mol. The fraction of sp³-hybridized carbons (Fsp3) is 0.643. The minimum absolute atomic E-state index is 0.0946. The van der Waals surface area contributed by atoms with E-state index in [2.05, 4.69) is 41.8 Å². The third-order valence-electron chi connectivity index (χ3n) is 3.96. The van der Waals surface area contributed by atoms with Gasteiger partial charge < -0.3 is 9.80 Å². The smallest absolute Gasteiger partial charge is 0.244 e. The van der Waals surface area contributed by atoms with Crippen LogP contribution in [0.1, 0.15) is 30.3 Å². The molecule has 1 unspecified atom stereocenters. The molecule has 4 nitrogen and oxygen atoms in total. The molecule has 0 bridgehead atoms. The minimum atomic E-state index is -0.216. The zero-order valence-corrected chi connectivity index (χ0v) is 12.4. The minimum Gasteiger partial charge on any atom is -0.320 e. The van der Waals surface area contributed by atoms with E-state index in [4.69, 9.17) is 0 Å². The van der Waals surface area contributed by atoms with Gasteiger partial charge in [-0.25, -0.2) is 0 Å². The van der Waals surface area contributed by atoms with E-state index in [1.165, 1.54) is 4.88 Å². The molecule has 19 heavy (non-hydrogen) atoms. The Balaban J connectivity index is 1.72. The van der Waals surface area contributed by atoms with Crippen LogP contribution in [-0.2, 0) is 4.79 Å². The quantitative estimate of drug-likeness (QED) is 0.890. The molecule has 1 saturated heterocycles. The second-order valence-electron chi connectivity index (χ2n) is 5.80. The van der Waals surface area contributed by atoms with Crippen molar-refractivity contribution in [3.8, 4) is 0 Å². The van der Waals surface area contributed by atoms with Crippen LogP contribution in [0.2, 0.25) is 0 Å². The highest BCUT2D eigenvalue weighted by Crippen LogP contribution is 2.46. The van der Waals surface area contributed by atoms with Gasteiger partial charge in [-0.2, -0.15) is 0 Å². The Morgan fingerprint density at radius 3 is 2.89 bits per heavy atom. The number of carbonyl (C=O) groups is 1. The van der Waals surface area contributed by atoms with Crippen LogP contribution in [0.25, 0.3) is 0 Å². The van der Waals surface area contributed by atoms with Crippen molar-refractivity contribution in [2.75, 3.05) is 27.2 Å². The first-order valence-corrected chi connectivity index (χ1v) is 7.77. The van der Waals surface area contributed by atoms with Crippen LogP contribution in [-0.4, -0.2) is 48.4 Å². The fourth-order valence-electron chi connectivity index (χ4n) is 2.74. The number of rotatable bonds is 5. The molecule has 0 radical (unpaired) electrons. The van der Waals surface area contributed by atoms with Crippen molar-refractivity contribution in [3.05, 3.63) is 22.4 Å². The van der Waals surface area contributed by atoms with Crippen LogP contribution in [0.3, 0.4) is 0 Å². The SMILES string of the molecule is CN(C)CCCN1C(=O)C2(CC2)NC1c1cccs1. The maximum Gasteiger partial charge on any atom is 0.244 e. The fourth-order valence-corrected chi connectivity index (χ4v) is 3.52. The Hall–Kier alpha value is -0.910. The second-order valence-corrected chi connectivity index (χ2v) is 6.78. The van der Waals surface area contributed by atoms with Crippen LogP contribution in [0.15, 0.2) is 17.5 Å². The van der Waals surface area contributed by atoms with Crippen LogP contribution in [0.5, 0.6) is 0 Å². The van der Waals surface area contributed by atoms with Gasteiger partial charge in [0.2, 0.25) is 5.91 Å². The maximum atomic E-state index is 12.5. The van der Waals surface area contributed by atoms with Gasteiger partial charge in [0.15, 0.2) is 0 Å². The summed E-state index contributed by atoms with van der Waals surface area (Å²) in [5.41, 5.74) is -0.216. The standard InChI is InChI=1S/C14H21N3OS/c1-16(2)8-4-9-17-12(11-5-3-10-19-11)15-14(6-7-14)13(17)18/h3,5,10,12,15H,4,6-9H2,1-2H3. The highest BCUT2D eigenvalue weighted by atomic mass is 32.1. The molecular weight excluding hydrogens is 258 g/mol. The van der Waals surface area contributed by atoms with E-state index in [1.807, 2.05) is 4.90 Å². The van der Waals surface area contributed by atoms with Gasteiger partial charge in [-0.15, -0.1) is 11.3 Å². The van der Waals surface area contributed by atoms with Crippen molar-refractivity contribution in [3.63, 3.8) is 0 Å². The normalized spacial score (nSPS) is 24.7. The summed E-state index contributed by atoms with van der Waals surface area (Å²) in [5.74, 6) is 0.310. The molecule has 1 aliphatic heterocycles. The Labute approximate surface area is 118 Å². The average molecular weight is 279 g/mol. The summed E-state index contributed by atoms with van der Waals surface area (Å²) >= 11 is 1.73. The van der Waals surface area contributed by atoms with Crippen LogP contribution >= 0.6 is 11.3 Å². The molecule has 5 heteroatoms. The Kier molecular flexibility index (Phi) is 3.37. The van der Waals surface area contributed by atoms with Crippen molar-refractivity contribution in [1.29, 1.82) is 0 Å². The summed E-state index contributed by atoms with van der Waals surface area (Å²) < 4.78 is 0. The van der Waals surface area contributed by atoms with Crippen LogP contribution < -0.4 is 5.32 Å². The first kappa shape index (κ1) is 13.1. The molecule has 1 spiro atoms. The van der Waals surface area contributed by atoms with Crippen LogP contribution in [0.4, 0.5) is 0 Å². The van der Waals surface area contributed by atoms with Crippen molar-refractivity contribution in [2.24, 2.45) is 0 Å². The van der Waals surface area contributed by atoms with Gasteiger partial charge in [0.05, 0.1) is 0 Å². The molecule has 1 aromatic heterocycles. The molecule has 1 aliphatic carbocycles. The lowest BCUT2D eigenvalue weighted by Gasteiger charge is -2.24. The molecule has 2 aliphatic rings. The lowest BCUT2D eigenvalue weighted by molar-refractivity contribution is -0.130. The van der Waals surface area contributed by atoms with Crippen molar-refractivity contribution < 1.29 is 4.79 Å². The molecule has 0 aromatic carbocycles. The lowest BCUT2D eigenvalue weighted by atomic mass is 10.2. The summed E-state index contributed by atoms with van der Waals surface area (Å²) in [6.45, 7) is 1.86. The van der Waals surface area contributed by atoms with E-state index in [9.17, 15) is 4.79 Å². The van der Waals surface area contributed by atoms with Crippen LogP contribution in [0, 0.1) is 0 Å². The van der Waals surface area contributed by atoms with E-state index in [-0.39, 0.29) is 11.7 Å². The molecule has 3 rings (SSSR count). The maximum absolute atomic E-state index is 12.5. The lowest BCUT2D eigenvalue weighted by Crippen LogP contribution is -2.34. The number of hydrogen-bond donors (Lipinski definition) is 1. The first-order chi connectivity index (χ1) is 9.12. The molecular formula is C14H21N3OS. The van der Waals surface area contributed by atoms with E-state index >= 15 is 0 Å². The van der Waals surface area contributed by atoms with E-state index in [0.29, 0.717) is 5.91 Å². The molecule has 1 N–H and O–H groups in total. The first-order valence-electron chi connectivity index (χ1n) is 6.89. The third-order valence-corrected chi connectivity index (χ3v) is 4.89. The number of nitrogens with one attached hydrogen (secondary N) is 1. The molecule has 1 atom stereocenters. The van der Waals surface area contributed by atoms with Gasteiger partial charge in [0.25, 0.3) is 0 Å². The molecule has 1 aromatic rings. The van der Waals surface area contributed by atoms with Crippen molar-refractivity contribution >= 4 is 17.2 Å². The van der Waals surface area contributed by atoms with Crippen molar-refractivity contribution in [1.82, 2.24) is 15.1 Å². The van der Waals surface area contributed by atoms with Gasteiger partial charge in [0, 0.05) is 11.4 Å². The Morgan fingerprint density at radius 2 is 2.32 bits per heavy atom. The Bertz CT molecular complexity index is 453. The zero-order valence-electron chi connectivity index (χ0n) is 11.6. The number of hydrogen-bond acceptors (Lipinski definition) is 4. The van der Waals surface area contributed by atoms with E-state index < -0.39 is 0 Å². The highest BCUT2D eigenvalue weighted by molar-refractivity contribution is 7.10. The summed E-state index contributed by atoms with van der Waals surface area (Å²) in [6.07, 6.45) is 3.12. The Morgan fingerprint density at radius 1 is 1.53 bits per heavy atom. The third kappa shape index (κ3) is 2.42. The molecule has 1 amide bonds. The van der Waals surface area contributed by atoms with Gasteiger partial charge >= 0.3 is 0 Å². The molecule has 2 heterocycles. The molecule has 104 valence electrons. The summed E-state index contributed by atoms with van der Waals surface area (Å²) in [5, 5.41) is 5.64. The summed E-state index contributed by atoms with van der Waals surface area (Å²) in [7, 11) is 4.15. The topological polar surface area (TPSA) is 35.6 Å². The average Bonchev–Trinajstić information content (AvgIpc) is 2.84. The number of nitrogens with zero attached hydrogens (tertiary/aromatic N) is 2. The van der Waals surface area contributed by atoms with E-state index in [0.717, 1.165) is 32.4 Å². The summed E-state index contributed by atoms with van der Waals surface area (Å²) in [6, 6.07) is 4.18. The number of amides is 1. The van der Waals surface area contributed by atoms with E-state index in [1.54, 1.807) is 11.3 Å². The molecule has 1 saturated carbocycles. The number of thiophene rings is 1. The van der Waals surface area contributed by atoms with Gasteiger partial charge in [-0.1, -0.05) is 6.07 Å². The van der Waals surface area contributed by atoms with Gasteiger partial charge in [-0.3, -0.25) is 10.1 Å². The highest BCUT2D eigenvalue weighted by Gasteiger charge is 2.59. The largest absolute Gasteiger partial charge is 0.320 e. The molecule has 2 fully saturated rings. The van der Waals surface area contributed by atoms with Crippen molar-refractivity contribution in [2.45, 2.75) is 31.0 Å². The summed E-state index contributed by atoms with van der Waals surface area (Å²) in [4.78, 5) is 18.0. The predicted octanol–water partition coefficient (Wildman–Crippen LogP) is 1.66. The predicted molar refractivity (Wildman–Crippen MR) is 77.0 cm³/mol. The number of carbonyl (C=O) groups excluding carboxylic acids is 1. The van der Waals surface area contributed by atoms with Gasteiger partial charge in [0.1, 0.15) is 11.7 Å². The second kappa shape index (κ2) is 4.89. The zero-order chi connectivity index (χ0) is 13.5.